The number of nitro benzene ring substituents is 1. The van der Waals surface area contributed by atoms with E-state index in [1.54, 1.807) is 38.2 Å². The smallest absolute Gasteiger partial charge is 0.338 e. The number of hydrogen-bond acceptors (Lipinski definition) is 6. The summed E-state index contributed by atoms with van der Waals surface area (Å²) in [6.07, 6.45) is 0.630. The Balaban J connectivity index is 1.60. The van der Waals surface area contributed by atoms with Crippen LogP contribution in [0.2, 0.25) is 0 Å². The van der Waals surface area contributed by atoms with Crippen LogP contribution in [-0.4, -0.2) is 35.9 Å². The highest BCUT2D eigenvalue weighted by Gasteiger charge is 2.17. The molecule has 3 rings (SSSR count). The maximum atomic E-state index is 12.5. The summed E-state index contributed by atoms with van der Waals surface area (Å²) in [4.78, 5) is 36.3. The third-order valence-corrected chi connectivity index (χ3v) is 4.64. The molecule has 2 aromatic carbocycles. The molecule has 1 aromatic heterocycles. The maximum Gasteiger partial charge on any atom is 0.338 e. The minimum atomic E-state index is -0.489. The van der Waals surface area contributed by atoms with Crippen LogP contribution in [0.4, 0.5) is 11.4 Å². The Labute approximate surface area is 166 Å². The number of hydrogen-bond donors (Lipinski definition) is 1. The molecule has 150 valence electrons. The van der Waals surface area contributed by atoms with E-state index in [1.807, 2.05) is 12.1 Å². The summed E-state index contributed by atoms with van der Waals surface area (Å²) in [5, 5.41) is 15.1. The van der Waals surface area contributed by atoms with Crippen LogP contribution in [-0.2, 0) is 0 Å². The van der Waals surface area contributed by atoms with E-state index in [4.69, 9.17) is 4.42 Å². The first-order valence-corrected chi connectivity index (χ1v) is 9.14. The van der Waals surface area contributed by atoms with E-state index in [2.05, 4.69) is 5.32 Å². The van der Waals surface area contributed by atoms with Crippen LogP contribution in [0.15, 0.2) is 57.7 Å². The van der Waals surface area contributed by atoms with Gasteiger partial charge in [-0.2, -0.15) is 0 Å². The van der Waals surface area contributed by atoms with E-state index < -0.39 is 10.5 Å². The van der Waals surface area contributed by atoms with Gasteiger partial charge in [0.05, 0.1) is 10.6 Å². The van der Waals surface area contributed by atoms with Gasteiger partial charge in [-0.1, -0.05) is 18.2 Å². The summed E-state index contributed by atoms with van der Waals surface area (Å²) >= 11 is 0. The van der Waals surface area contributed by atoms with Gasteiger partial charge < -0.3 is 14.6 Å². The van der Waals surface area contributed by atoms with Crippen molar-refractivity contribution < 1.29 is 14.1 Å². The van der Waals surface area contributed by atoms with E-state index in [-0.39, 0.29) is 17.2 Å². The fourth-order valence-electron chi connectivity index (χ4n) is 3.06. The van der Waals surface area contributed by atoms with E-state index in [9.17, 15) is 19.7 Å². The minimum absolute atomic E-state index is 0.0688. The van der Waals surface area contributed by atoms with Gasteiger partial charge in [0.2, 0.25) is 0 Å². The second-order valence-electron chi connectivity index (χ2n) is 6.74. The zero-order valence-electron chi connectivity index (χ0n) is 16.2. The van der Waals surface area contributed by atoms with Crippen molar-refractivity contribution >= 4 is 28.3 Å². The van der Waals surface area contributed by atoms with Crippen molar-refractivity contribution in [2.24, 2.45) is 0 Å². The highest BCUT2D eigenvalue weighted by molar-refractivity contribution is 5.95. The number of anilines is 1. The Hall–Kier alpha value is -3.68. The molecule has 0 fully saturated rings. The number of nitro groups is 1. The van der Waals surface area contributed by atoms with Crippen LogP contribution in [0.25, 0.3) is 11.0 Å². The van der Waals surface area contributed by atoms with Crippen molar-refractivity contribution in [3.63, 3.8) is 0 Å². The van der Waals surface area contributed by atoms with E-state index in [0.717, 1.165) is 5.39 Å². The number of benzene rings is 2. The van der Waals surface area contributed by atoms with Gasteiger partial charge in [-0.05, 0) is 31.5 Å². The Morgan fingerprint density at radius 1 is 1.21 bits per heavy atom. The molecular formula is C21H21N3O5. The van der Waals surface area contributed by atoms with Gasteiger partial charge in [-0.25, -0.2) is 4.79 Å². The number of nitrogens with zero attached hydrogens (tertiary/aromatic N) is 2. The molecule has 0 saturated heterocycles. The Bertz CT molecular complexity index is 1120. The molecule has 0 atom stereocenters. The first-order valence-electron chi connectivity index (χ1n) is 9.14. The molecule has 0 aliphatic carbocycles. The quantitative estimate of drug-likeness (QED) is 0.284. The lowest BCUT2D eigenvalue weighted by Gasteiger charge is -2.18. The summed E-state index contributed by atoms with van der Waals surface area (Å²) in [5.41, 5.74) is 1.48. The number of amides is 1. The minimum Gasteiger partial charge on any atom is -0.423 e. The van der Waals surface area contributed by atoms with Crippen LogP contribution >= 0.6 is 0 Å². The van der Waals surface area contributed by atoms with Gasteiger partial charge in [-0.15, -0.1) is 0 Å². The summed E-state index contributed by atoms with van der Waals surface area (Å²) in [7, 11) is 1.65. The zero-order chi connectivity index (χ0) is 21.0. The van der Waals surface area contributed by atoms with Crippen LogP contribution in [0.3, 0.4) is 0 Å². The Morgan fingerprint density at radius 3 is 2.72 bits per heavy atom. The Morgan fingerprint density at radius 2 is 1.97 bits per heavy atom. The molecule has 0 aliphatic rings. The standard InChI is InChI=1S/C21H21N3O5/c1-14-8-9-15(12-18(14)24(27)28)21(26)23(2)11-5-10-22-17-13-20(25)29-19-7-4-3-6-16(17)19/h3-4,6-9,12-13,22H,5,10-11H2,1-2H3. The van der Waals surface area contributed by atoms with Crippen LogP contribution in [0.1, 0.15) is 22.3 Å². The monoisotopic (exact) mass is 395 g/mol. The molecule has 0 aliphatic heterocycles. The summed E-state index contributed by atoms with van der Waals surface area (Å²) in [6.45, 7) is 2.63. The summed E-state index contributed by atoms with van der Waals surface area (Å²) in [6, 6.07) is 13.1. The molecule has 0 unspecified atom stereocenters. The van der Waals surface area contributed by atoms with Crippen molar-refractivity contribution in [3.8, 4) is 0 Å². The molecule has 0 bridgehead atoms. The van der Waals surface area contributed by atoms with E-state index in [1.165, 1.54) is 17.0 Å². The predicted octanol–water partition coefficient (Wildman–Crippen LogP) is 3.58. The fourth-order valence-corrected chi connectivity index (χ4v) is 3.06. The number of rotatable bonds is 7. The molecule has 3 aromatic rings. The third kappa shape index (κ3) is 4.60. The third-order valence-electron chi connectivity index (χ3n) is 4.64. The average Bonchev–Trinajstić information content (AvgIpc) is 2.70. The fraction of sp³-hybridized carbons (Fsp3) is 0.238. The van der Waals surface area contributed by atoms with Crippen LogP contribution in [0, 0.1) is 17.0 Å². The normalized spacial score (nSPS) is 10.7. The van der Waals surface area contributed by atoms with Gasteiger partial charge in [0.25, 0.3) is 11.6 Å². The molecule has 0 radical (unpaired) electrons. The number of para-hydroxylation sites is 1. The molecular weight excluding hydrogens is 374 g/mol. The lowest BCUT2D eigenvalue weighted by Crippen LogP contribution is -2.29. The number of aryl methyl sites for hydroxylation is 1. The lowest BCUT2D eigenvalue weighted by atomic mass is 10.1. The van der Waals surface area contributed by atoms with Crippen molar-refractivity contribution in [2.75, 3.05) is 25.5 Å². The highest BCUT2D eigenvalue weighted by Crippen LogP contribution is 2.21. The molecule has 29 heavy (non-hydrogen) atoms. The van der Waals surface area contributed by atoms with Gasteiger partial charge in [0.1, 0.15) is 5.58 Å². The summed E-state index contributed by atoms with van der Waals surface area (Å²) in [5.74, 6) is -0.279. The molecule has 8 heteroatoms. The van der Waals surface area contributed by atoms with Crippen molar-refractivity contribution in [2.45, 2.75) is 13.3 Å². The molecule has 0 spiro atoms. The topological polar surface area (TPSA) is 106 Å². The van der Waals surface area contributed by atoms with Gasteiger partial charge >= 0.3 is 5.63 Å². The van der Waals surface area contributed by atoms with E-state index in [0.29, 0.717) is 36.3 Å². The van der Waals surface area contributed by atoms with Crippen LogP contribution < -0.4 is 10.9 Å². The number of carbonyl (C=O) groups is 1. The van der Waals surface area contributed by atoms with E-state index >= 15 is 0 Å². The number of carbonyl (C=O) groups excluding carboxylic acids is 1. The lowest BCUT2D eigenvalue weighted by molar-refractivity contribution is -0.385. The van der Waals surface area contributed by atoms with Crippen molar-refractivity contribution in [1.29, 1.82) is 0 Å². The van der Waals surface area contributed by atoms with Crippen molar-refractivity contribution in [1.82, 2.24) is 4.90 Å². The van der Waals surface area contributed by atoms with Gasteiger partial charge in [-0.3, -0.25) is 14.9 Å². The predicted molar refractivity (Wildman–Crippen MR) is 110 cm³/mol. The average molecular weight is 395 g/mol. The zero-order valence-corrected chi connectivity index (χ0v) is 16.2. The number of fused-ring (bicyclic) bond motifs is 1. The van der Waals surface area contributed by atoms with Crippen molar-refractivity contribution in [3.05, 3.63) is 80.2 Å². The Kier molecular flexibility index (Phi) is 5.92. The van der Waals surface area contributed by atoms with Crippen LogP contribution in [0.5, 0.6) is 0 Å². The molecule has 1 N–H and O–H groups in total. The maximum absolute atomic E-state index is 12.5. The molecule has 1 amide bonds. The second kappa shape index (κ2) is 8.55. The first kappa shape index (κ1) is 20.1. The van der Waals surface area contributed by atoms with Gasteiger partial charge in [0, 0.05) is 48.8 Å². The van der Waals surface area contributed by atoms with Gasteiger partial charge in [0.15, 0.2) is 0 Å². The molecule has 8 nitrogen and oxygen atoms in total. The SMILES string of the molecule is Cc1ccc(C(=O)N(C)CCCNc2cc(=O)oc3ccccc23)cc1[N+](=O)[O-]. The highest BCUT2D eigenvalue weighted by atomic mass is 16.6. The number of nitrogens with one attached hydrogen (secondary N) is 1. The largest absolute Gasteiger partial charge is 0.423 e. The molecule has 1 heterocycles. The summed E-state index contributed by atoms with van der Waals surface area (Å²) < 4.78 is 5.17. The molecule has 0 saturated carbocycles. The second-order valence-corrected chi connectivity index (χ2v) is 6.74. The first-order chi connectivity index (χ1) is 13.9.